The third-order valence-electron chi connectivity index (χ3n) is 4.00. The molecule has 0 atom stereocenters. The summed E-state index contributed by atoms with van der Waals surface area (Å²) in [5.74, 6) is 0.554. The molecular formula is C17H19N5O2S. The van der Waals surface area contributed by atoms with Gasteiger partial charge in [-0.15, -0.1) is 0 Å². The van der Waals surface area contributed by atoms with Gasteiger partial charge in [0.2, 0.25) is 5.91 Å². The standard InChI is InChI=1S/C17H19N5O2S/c23-14(21-16(24)19-11-7-8-11)9-25-17-20-13-4-2-1-3-12(13)15(22-17)18-10-5-6-10/h1-4,10-11H,5-9H2,(H,18,20,22)(H2,19,21,23,24). The molecule has 8 heteroatoms. The van der Waals surface area contributed by atoms with Crippen LogP contribution in [0.4, 0.5) is 10.6 Å². The van der Waals surface area contributed by atoms with Gasteiger partial charge in [-0.05, 0) is 37.8 Å². The Kier molecular flexibility index (Phi) is 4.44. The molecule has 0 saturated heterocycles. The summed E-state index contributed by atoms with van der Waals surface area (Å²) in [6.45, 7) is 0. The fourth-order valence-corrected chi connectivity index (χ4v) is 3.04. The number of rotatable bonds is 6. The van der Waals surface area contributed by atoms with E-state index < -0.39 is 6.03 Å². The Balaban J connectivity index is 1.41. The first-order valence-electron chi connectivity index (χ1n) is 8.44. The molecule has 2 aliphatic carbocycles. The lowest BCUT2D eigenvalue weighted by molar-refractivity contribution is -0.117. The van der Waals surface area contributed by atoms with Crippen LogP contribution in [-0.2, 0) is 4.79 Å². The first-order chi connectivity index (χ1) is 12.2. The first-order valence-corrected chi connectivity index (χ1v) is 9.42. The average Bonchev–Trinajstić information content (AvgIpc) is 3.50. The van der Waals surface area contributed by atoms with Crippen molar-refractivity contribution >= 4 is 40.4 Å². The molecule has 3 amide bonds. The van der Waals surface area contributed by atoms with E-state index in [1.54, 1.807) is 0 Å². The number of benzene rings is 1. The van der Waals surface area contributed by atoms with E-state index in [0.717, 1.165) is 42.4 Å². The SMILES string of the molecule is O=C(CSc1nc(NC2CC2)c2ccccc2n1)NC(=O)NC1CC1. The van der Waals surface area contributed by atoms with Crippen molar-refractivity contribution < 1.29 is 9.59 Å². The number of carbonyl (C=O) groups is 2. The monoisotopic (exact) mass is 357 g/mol. The van der Waals surface area contributed by atoms with Gasteiger partial charge in [0.25, 0.3) is 0 Å². The maximum absolute atomic E-state index is 11.9. The highest BCUT2D eigenvalue weighted by atomic mass is 32.2. The van der Waals surface area contributed by atoms with Gasteiger partial charge in [0.15, 0.2) is 5.16 Å². The van der Waals surface area contributed by atoms with Gasteiger partial charge in [-0.2, -0.15) is 0 Å². The first kappa shape index (κ1) is 16.1. The van der Waals surface area contributed by atoms with E-state index in [1.807, 2.05) is 24.3 Å². The van der Waals surface area contributed by atoms with Crippen molar-refractivity contribution in [1.82, 2.24) is 20.6 Å². The van der Waals surface area contributed by atoms with Gasteiger partial charge in [0.1, 0.15) is 5.82 Å². The molecule has 0 unspecified atom stereocenters. The van der Waals surface area contributed by atoms with Crippen LogP contribution in [0.5, 0.6) is 0 Å². The Bertz CT molecular complexity index is 820. The summed E-state index contributed by atoms with van der Waals surface area (Å²) in [5.41, 5.74) is 0.843. The van der Waals surface area contributed by atoms with Gasteiger partial charge in [0, 0.05) is 17.5 Å². The maximum Gasteiger partial charge on any atom is 0.321 e. The van der Waals surface area contributed by atoms with Crippen molar-refractivity contribution in [2.75, 3.05) is 11.1 Å². The minimum Gasteiger partial charge on any atom is -0.367 e. The zero-order valence-electron chi connectivity index (χ0n) is 13.6. The van der Waals surface area contributed by atoms with Crippen molar-refractivity contribution in [2.45, 2.75) is 42.9 Å². The summed E-state index contributed by atoms with van der Waals surface area (Å²) < 4.78 is 0. The van der Waals surface area contributed by atoms with Crippen molar-refractivity contribution in [3.8, 4) is 0 Å². The molecule has 25 heavy (non-hydrogen) atoms. The van der Waals surface area contributed by atoms with E-state index in [2.05, 4.69) is 25.9 Å². The third-order valence-corrected chi connectivity index (χ3v) is 4.85. The van der Waals surface area contributed by atoms with Crippen LogP contribution in [0.2, 0.25) is 0 Å². The van der Waals surface area contributed by atoms with E-state index in [0.29, 0.717) is 11.2 Å². The minimum atomic E-state index is -0.427. The largest absolute Gasteiger partial charge is 0.367 e. The number of nitrogens with one attached hydrogen (secondary N) is 3. The van der Waals surface area contributed by atoms with Crippen LogP contribution in [-0.4, -0.2) is 39.7 Å². The number of aromatic nitrogens is 2. The normalized spacial score (nSPS) is 16.5. The number of amides is 3. The topological polar surface area (TPSA) is 96.0 Å². The number of carbonyl (C=O) groups excluding carboxylic acids is 2. The number of fused-ring (bicyclic) bond motifs is 1. The molecule has 0 spiro atoms. The number of nitrogens with zero attached hydrogens (tertiary/aromatic N) is 2. The molecule has 130 valence electrons. The average molecular weight is 357 g/mol. The van der Waals surface area contributed by atoms with E-state index in [-0.39, 0.29) is 17.7 Å². The number of para-hydroxylation sites is 1. The van der Waals surface area contributed by atoms with Crippen LogP contribution < -0.4 is 16.0 Å². The highest BCUT2D eigenvalue weighted by Gasteiger charge is 2.24. The molecule has 1 heterocycles. The van der Waals surface area contributed by atoms with Crippen molar-refractivity contribution in [2.24, 2.45) is 0 Å². The Labute approximate surface area is 149 Å². The van der Waals surface area contributed by atoms with Crippen LogP contribution in [0.25, 0.3) is 10.9 Å². The molecule has 4 rings (SSSR count). The highest BCUT2D eigenvalue weighted by molar-refractivity contribution is 7.99. The number of thioether (sulfide) groups is 1. The van der Waals surface area contributed by atoms with E-state index in [1.165, 1.54) is 11.8 Å². The molecule has 3 N–H and O–H groups in total. The maximum atomic E-state index is 11.9. The molecule has 2 aliphatic rings. The molecule has 2 saturated carbocycles. The number of anilines is 1. The lowest BCUT2D eigenvalue weighted by Crippen LogP contribution is -2.41. The molecule has 0 radical (unpaired) electrons. The molecule has 2 aromatic rings. The second-order valence-corrected chi connectivity index (χ2v) is 7.32. The van der Waals surface area contributed by atoms with Gasteiger partial charge in [-0.25, -0.2) is 14.8 Å². The summed E-state index contributed by atoms with van der Waals surface area (Å²) >= 11 is 1.23. The Morgan fingerprint density at radius 2 is 1.84 bits per heavy atom. The van der Waals surface area contributed by atoms with Crippen LogP contribution in [0.1, 0.15) is 25.7 Å². The summed E-state index contributed by atoms with van der Waals surface area (Å²) in [5, 5.41) is 9.98. The van der Waals surface area contributed by atoms with Crippen LogP contribution in [0.3, 0.4) is 0 Å². The van der Waals surface area contributed by atoms with Gasteiger partial charge in [-0.3, -0.25) is 10.1 Å². The molecule has 1 aromatic carbocycles. The molecule has 2 fully saturated rings. The second kappa shape index (κ2) is 6.87. The highest BCUT2D eigenvalue weighted by Crippen LogP contribution is 2.29. The van der Waals surface area contributed by atoms with Crippen LogP contribution in [0.15, 0.2) is 29.4 Å². The van der Waals surface area contributed by atoms with Crippen molar-refractivity contribution in [3.05, 3.63) is 24.3 Å². The molecule has 1 aromatic heterocycles. The summed E-state index contributed by atoms with van der Waals surface area (Å²) in [6, 6.07) is 8.09. The fraction of sp³-hybridized carbons (Fsp3) is 0.412. The Morgan fingerprint density at radius 1 is 1.08 bits per heavy atom. The zero-order valence-corrected chi connectivity index (χ0v) is 14.4. The lowest BCUT2D eigenvalue weighted by atomic mass is 10.2. The number of imide groups is 1. The number of hydrogen-bond acceptors (Lipinski definition) is 6. The number of hydrogen-bond donors (Lipinski definition) is 3. The minimum absolute atomic E-state index is 0.0965. The summed E-state index contributed by atoms with van der Waals surface area (Å²) in [6.07, 6.45) is 4.27. The molecular weight excluding hydrogens is 338 g/mol. The van der Waals surface area contributed by atoms with Crippen molar-refractivity contribution in [1.29, 1.82) is 0 Å². The smallest absolute Gasteiger partial charge is 0.321 e. The van der Waals surface area contributed by atoms with E-state index >= 15 is 0 Å². The zero-order chi connectivity index (χ0) is 17.2. The second-order valence-electron chi connectivity index (χ2n) is 6.38. The predicted molar refractivity (Wildman–Crippen MR) is 96.6 cm³/mol. The third kappa shape index (κ3) is 4.39. The molecule has 0 aliphatic heterocycles. The van der Waals surface area contributed by atoms with E-state index in [4.69, 9.17) is 0 Å². The van der Waals surface area contributed by atoms with Gasteiger partial charge >= 0.3 is 6.03 Å². The van der Waals surface area contributed by atoms with Gasteiger partial charge in [-0.1, -0.05) is 23.9 Å². The predicted octanol–water partition coefficient (Wildman–Crippen LogP) is 2.28. The van der Waals surface area contributed by atoms with Gasteiger partial charge < -0.3 is 10.6 Å². The Hall–Kier alpha value is -2.35. The quantitative estimate of drug-likeness (QED) is 0.542. The molecule has 7 nitrogen and oxygen atoms in total. The van der Waals surface area contributed by atoms with Crippen LogP contribution >= 0.6 is 11.8 Å². The fourth-order valence-electron chi connectivity index (χ4n) is 2.39. The van der Waals surface area contributed by atoms with Gasteiger partial charge in [0.05, 0.1) is 11.3 Å². The summed E-state index contributed by atoms with van der Waals surface area (Å²) in [7, 11) is 0. The van der Waals surface area contributed by atoms with Crippen molar-refractivity contribution in [3.63, 3.8) is 0 Å². The van der Waals surface area contributed by atoms with E-state index in [9.17, 15) is 9.59 Å². The number of urea groups is 1. The summed E-state index contributed by atoms with van der Waals surface area (Å²) in [4.78, 5) is 32.5. The van der Waals surface area contributed by atoms with Crippen LogP contribution in [0, 0.1) is 0 Å². The molecule has 0 bridgehead atoms. The Morgan fingerprint density at radius 3 is 2.60 bits per heavy atom. The lowest BCUT2D eigenvalue weighted by Gasteiger charge is -2.10.